The number of ketones is 1. The first kappa shape index (κ1) is 9.84. The van der Waals surface area contributed by atoms with E-state index in [1.807, 2.05) is 6.92 Å². The maximum absolute atomic E-state index is 11.8. The standard InChI is InChI=1S/C11H15NOS/c1-8-12-7-11(14-8)10(13)6-9-4-2-3-5-9/h7,9H,2-6H2,1H3. The molecule has 2 rings (SSSR count). The van der Waals surface area contributed by atoms with E-state index in [1.54, 1.807) is 6.20 Å². The molecule has 1 fully saturated rings. The molecular formula is C11H15NOS. The van der Waals surface area contributed by atoms with Crippen LogP contribution in [-0.2, 0) is 0 Å². The molecule has 1 saturated carbocycles. The summed E-state index contributed by atoms with van der Waals surface area (Å²) >= 11 is 1.52. The highest BCUT2D eigenvalue weighted by Crippen LogP contribution is 2.29. The Morgan fingerprint density at radius 2 is 2.29 bits per heavy atom. The number of rotatable bonds is 3. The lowest BCUT2D eigenvalue weighted by molar-refractivity contribution is 0.0966. The van der Waals surface area contributed by atoms with Gasteiger partial charge >= 0.3 is 0 Å². The first-order valence-corrected chi connectivity index (χ1v) is 6.03. The number of nitrogens with zero attached hydrogens (tertiary/aromatic N) is 1. The van der Waals surface area contributed by atoms with Gasteiger partial charge in [-0.15, -0.1) is 11.3 Å². The summed E-state index contributed by atoms with van der Waals surface area (Å²) in [5.41, 5.74) is 0. The van der Waals surface area contributed by atoms with E-state index in [9.17, 15) is 4.79 Å². The van der Waals surface area contributed by atoms with Gasteiger partial charge in [0.15, 0.2) is 5.78 Å². The summed E-state index contributed by atoms with van der Waals surface area (Å²) in [6, 6.07) is 0. The fourth-order valence-electron chi connectivity index (χ4n) is 2.07. The molecule has 0 saturated heterocycles. The predicted octanol–water partition coefficient (Wildman–Crippen LogP) is 3.21. The third kappa shape index (κ3) is 2.21. The van der Waals surface area contributed by atoms with Crippen molar-refractivity contribution in [2.75, 3.05) is 0 Å². The Morgan fingerprint density at radius 3 is 2.86 bits per heavy atom. The highest BCUT2D eigenvalue weighted by Gasteiger charge is 2.20. The minimum atomic E-state index is 0.294. The monoisotopic (exact) mass is 209 g/mol. The number of carbonyl (C=O) groups excluding carboxylic acids is 1. The summed E-state index contributed by atoms with van der Waals surface area (Å²) in [6.07, 6.45) is 7.55. The Kier molecular flexibility index (Phi) is 2.96. The molecule has 0 bridgehead atoms. The van der Waals surface area contributed by atoms with Crippen molar-refractivity contribution in [1.82, 2.24) is 4.98 Å². The SMILES string of the molecule is Cc1ncc(C(=O)CC2CCCC2)s1. The normalized spacial score (nSPS) is 17.5. The van der Waals surface area contributed by atoms with Gasteiger partial charge in [-0.3, -0.25) is 4.79 Å². The van der Waals surface area contributed by atoms with Crippen LogP contribution >= 0.6 is 11.3 Å². The third-order valence-electron chi connectivity index (χ3n) is 2.84. The van der Waals surface area contributed by atoms with E-state index in [1.165, 1.54) is 37.0 Å². The van der Waals surface area contributed by atoms with Gasteiger partial charge in [0, 0.05) is 12.6 Å². The van der Waals surface area contributed by atoms with Gasteiger partial charge in [-0.25, -0.2) is 4.98 Å². The average Bonchev–Trinajstić information content (AvgIpc) is 2.75. The topological polar surface area (TPSA) is 30.0 Å². The van der Waals surface area contributed by atoms with Crippen LogP contribution < -0.4 is 0 Å². The zero-order valence-corrected chi connectivity index (χ0v) is 9.27. The Balaban J connectivity index is 1.95. The molecule has 76 valence electrons. The lowest BCUT2D eigenvalue weighted by atomic mass is 10.0. The van der Waals surface area contributed by atoms with Crippen molar-refractivity contribution in [2.24, 2.45) is 5.92 Å². The molecule has 1 aromatic rings. The first-order valence-electron chi connectivity index (χ1n) is 5.21. The van der Waals surface area contributed by atoms with Gasteiger partial charge in [-0.1, -0.05) is 25.7 Å². The smallest absolute Gasteiger partial charge is 0.174 e. The summed E-state index contributed by atoms with van der Waals surface area (Å²) in [6.45, 7) is 1.94. The van der Waals surface area contributed by atoms with Crippen molar-refractivity contribution in [2.45, 2.75) is 39.0 Å². The summed E-state index contributed by atoms with van der Waals surface area (Å²) in [5, 5.41) is 0.986. The van der Waals surface area contributed by atoms with Gasteiger partial charge in [-0.05, 0) is 12.8 Å². The van der Waals surface area contributed by atoms with E-state index in [-0.39, 0.29) is 0 Å². The van der Waals surface area contributed by atoms with E-state index in [0.717, 1.165) is 16.3 Å². The molecule has 0 aliphatic heterocycles. The van der Waals surface area contributed by atoms with Gasteiger partial charge in [-0.2, -0.15) is 0 Å². The Bertz CT molecular complexity index is 326. The highest BCUT2D eigenvalue weighted by atomic mass is 32.1. The summed E-state index contributed by atoms with van der Waals surface area (Å²) in [4.78, 5) is 16.7. The van der Waals surface area contributed by atoms with Gasteiger partial charge in [0.25, 0.3) is 0 Å². The fraction of sp³-hybridized carbons (Fsp3) is 0.636. The highest BCUT2D eigenvalue weighted by molar-refractivity contribution is 7.13. The Morgan fingerprint density at radius 1 is 1.57 bits per heavy atom. The second kappa shape index (κ2) is 4.22. The van der Waals surface area contributed by atoms with Crippen molar-refractivity contribution >= 4 is 17.1 Å². The quantitative estimate of drug-likeness (QED) is 0.715. The fourth-order valence-corrected chi connectivity index (χ4v) is 2.79. The number of thiazole rings is 1. The van der Waals surface area contributed by atoms with Crippen LogP contribution in [0.5, 0.6) is 0 Å². The minimum absolute atomic E-state index is 0.294. The third-order valence-corrected chi connectivity index (χ3v) is 3.80. The molecule has 3 heteroatoms. The molecule has 14 heavy (non-hydrogen) atoms. The molecule has 0 spiro atoms. The van der Waals surface area contributed by atoms with Gasteiger partial charge in [0.1, 0.15) is 0 Å². The molecule has 2 nitrogen and oxygen atoms in total. The zero-order chi connectivity index (χ0) is 9.97. The van der Waals surface area contributed by atoms with E-state index < -0.39 is 0 Å². The number of hydrogen-bond acceptors (Lipinski definition) is 3. The molecule has 0 aromatic carbocycles. The molecule has 0 N–H and O–H groups in total. The van der Waals surface area contributed by atoms with Crippen LogP contribution in [0.3, 0.4) is 0 Å². The van der Waals surface area contributed by atoms with Crippen LogP contribution in [0.4, 0.5) is 0 Å². The second-order valence-corrected chi connectivity index (χ2v) is 5.26. The molecule has 0 unspecified atom stereocenters. The predicted molar refractivity (Wildman–Crippen MR) is 57.8 cm³/mol. The second-order valence-electron chi connectivity index (χ2n) is 4.02. The molecule has 1 aliphatic carbocycles. The number of aromatic nitrogens is 1. The van der Waals surface area contributed by atoms with Crippen molar-refractivity contribution < 1.29 is 4.79 Å². The number of Topliss-reactive ketones (excluding diaryl/α,β-unsaturated/α-hetero) is 1. The number of carbonyl (C=O) groups is 1. The van der Waals surface area contributed by atoms with Crippen LogP contribution in [0.2, 0.25) is 0 Å². The van der Waals surface area contributed by atoms with E-state index >= 15 is 0 Å². The van der Waals surface area contributed by atoms with Crippen LogP contribution in [0, 0.1) is 12.8 Å². The Labute approximate surface area is 88.4 Å². The molecular weight excluding hydrogens is 194 g/mol. The van der Waals surface area contributed by atoms with E-state index in [0.29, 0.717) is 11.7 Å². The lowest BCUT2D eigenvalue weighted by Crippen LogP contribution is -2.03. The number of aryl methyl sites for hydroxylation is 1. The number of hydrogen-bond donors (Lipinski definition) is 0. The van der Waals surface area contributed by atoms with Crippen molar-refractivity contribution in [3.05, 3.63) is 16.1 Å². The zero-order valence-electron chi connectivity index (χ0n) is 8.45. The van der Waals surface area contributed by atoms with Crippen molar-refractivity contribution in [3.8, 4) is 0 Å². The van der Waals surface area contributed by atoms with Crippen LogP contribution in [0.1, 0.15) is 46.8 Å². The van der Waals surface area contributed by atoms with Crippen LogP contribution in [0.15, 0.2) is 6.20 Å². The van der Waals surface area contributed by atoms with Gasteiger partial charge in [0.05, 0.1) is 9.88 Å². The molecule has 0 radical (unpaired) electrons. The maximum Gasteiger partial charge on any atom is 0.174 e. The Hall–Kier alpha value is -0.700. The van der Waals surface area contributed by atoms with Gasteiger partial charge < -0.3 is 0 Å². The van der Waals surface area contributed by atoms with Gasteiger partial charge in [0.2, 0.25) is 0 Å². The summed E-state index contributed by atoms with van der Waals surface area (Å²) in [5.74, 6) is 0.937. The van der Waals surface area contributed by atoms with Crippen molar-refractivity contribution in [1.29, 1.82) is 0 Å². The molecule has 0 amide bonds. The van der Waals surface area contributed by atoms with Crippen molar-refractivity contribution in [3.63, 3.8) is 0 Å². The van der Waals surface area contributed by atoms with E-state index in [4.69, 9.17) is 0 Å². The summed E-state index contributed by atoms with van der Waals surface area (Å²) < 4.78 is 0. The van der Waals surface area contributed by atoms with E-state index in [2.05, 4.69) is 4.98 Å². The summed E-state index contributed by atoms with van der Waals surface area (Å²) in [7, 11) is 0. The lowest BCUT2D eigenvalue weighted by Gasteiger charge is -2.05. The first-order chi connectivity index (χ1) is 6.75. The largest absolute Gasteiger partial charge is 0.293 e. The molecule has 1 aliphatic rings. The molecule has 1 aromatic heterocycles. The minimum Gasteiger partial charge on any atom is -0.293 e. The molecule has 1 heterocycles. The maximum atomic E-state index is 11.8. The van der Waals surface area contributed by atoms with Crippen LogP contribution in [-0.4, -0.2) is 10.8 Å². The average molecular weight is 209 g/mol. The van der Waals surface area contributed by atoms with Crippen LogP contribution in [0.25, 0.3) is 0 Å². The molecule has 0 atom stereocenters.